The number of hydrogen-bond donors (Lipinski definition) is 1. The van der Waals surface area contributed by atoms with Crippen molar-refractivity contribution in [1.82, 2.24) is 4.57 Å². The van der Waals surface area contributed by atoms with E-state index < -0.39 is 0 Å². The van der Waals surface area contributed by atoms with Gasteiger partial charge in [0.1, 0.15) is 0 Å². The van der Waals surface area contributed by atoms with Crippen LogP contribution in [0.4, 0.5) is 5.69 Å². The second-order valence-electron chi connectivity index (χ2n) is 4.99. The van der Waals surface area contributed by atoms with Crippen LogP contribution in [-0.4, -0.2) is 10.5 Å². The standard InChI is InChI=1S/C18H15ClN2O/c19-15-5-7-16(8-6-15)20-18(22)13-14-3-9-17(10-4-14)21-11-1-2-12-21/h1-12H,13H2,(H,20,22). The third-order valence-corrected chi connectivity index (χ3v) is 3.58. The highest BCUT2D eigenvalue weighted by Crippen LogP contribution is 2.14. The number of anilines is 1. The lowest BCUT2D eigenvalue weighted by molar-refractivity contribution is -0.115. The molecular formula is C18H15ClN2O. The Morgan fingerprint density at radius 1 is 0.955 bits per heavy atom. The van der Waals surface area contributed by atoms with Gasteiger partial charge in [-0.1, -0.05) is 23.7 Å². The largest absolute Gasteiger partial charge is 0.326 e. The molecule has 1 heterocycles. The predicted octanol–water partition coefficient (Wildman–Crippen LogP) is 4.31. The maximum absolute atomic E-state index is 12.0. The Balaban J connectivity index is 1.63. The average molecular weight is 311 g/mol. The summed E-state index contributed by atoms with van der Waals surface area (Å²) in [6.07, 6.45) is 4.32. The van der Waals surface area contributed by atoms with E-state index in [1.807, 2.05) is 53.4 Å². The van der Waals surface area contributed by atoms with Gasteiger partial charge in [0.2, 0.25) is 5.91 Å². The van der Waals surface area contributed by atoms with Crippen molar-refractivity contribution in [2.45, 2.75) is 6.42 Å². The third-order valence-electron chi connectivity index (χ3n) is 3.33. The van der Waals surface area contributed by atoms with E-state index in [0.29, 0.717) is 11.4 Å². The molecule has 1 aromatic heterocycles. The lowest BCUT2D eigenvalue weighted by atomic mass is 10.1. The van der Waals surface area contributed by atoms with Crippen molar-refractivity contribution in [3.63, 3.8) is 0 Å². The van der Waals surface area contributed by atoms with Gasteiger partial charge < -0.3 is 9.88 Å². The molecule has 0 fully saturated rings. The minimum atomic E-state index is -0.0453. The summed E-state index contributed by atoms with van der Waals surface area (Å²) in [5.74, 6) is -0.0453. The van der Waals surface area contributed by atoms with Crippen LogP contribution in [0.1, 0.15) is 5.56 Å². The average Bonchev–Trinajstić information content (AvgIpc) is 3.05. The van der Waals surface area contributed by atoms with E-state index in [4.69, 9.17) is 11.6 Å². The van der Waals surface area contributed by atoms with Gasteiger partial charge in [-0.05, 0) is 54.1 Å². The number of carbonyl (C=O) groups excluding carboxylic acids is 1. The number of nitrogens with one attached hydrogen (secondary N) is 1. The highest BCUT2D eigenvalue weighted by atomic mass is 35.5. The molecule has 0 atom stereocenters. The fraction of sp³-hybridized carbons (Fsp3) is 0.0556. The van der Waals surface area contributed by atoms with E-state index >= 15 is 0 Å². The van der Waals surface area contributed by atoms with E-state index in [1.54, 1.807) is 24.3 Å². The summed E-state index contributed by atoms with van der Waals surface area (Å²) in [5.41, 5.74) is 2.80. The van der Waals surface area contributed by atoms with Crippen LogP contribution >= 0.6 is 11.6 Å². The SMILES string of the molecule is O=C(Cc1ccc(-n2cccc2)cc1)Nc1ccc(Cl)cc1. The molecule has 0 unspecified atom stereocenters. The summed E-state index contributed by atoms with van der Waals surface area (Å²) in [7, 11) is 0. The zero-order valence-electron chi connectivity index (χ0n) is 11.9. The summed E-state index contributed by atoms with van der Waals surface area (Å²) in [6, 6.07) is 19.0. The molecule has 3 nitrogen and oxygen atoms in total. The van der Waals surface area contributed by atoms with E-state index in [1.165, 1.54) is 0 Å². The second kappa shape index (κ2) is 6.50. The van der Waals surface area contributed by atoms with Crippen molar-refractivity contribution in [3.8, 4) is 5.69 Å². The molecule has 0 aliphatic rings. The van der Waals surface area contributed by atoms with Gasteiger partial charge in [0.05, 0.1) is 6.42 Å². The number of benzene rings is 2. The zero-order valence-corrected chi connectivity index (χ0v) is 12.6. The molecule has 0 spiro atoms. The summed E-state index contributed by atoms with van der Waals surface area (Å²) < 4.78 is 2.03. The fourth-order valence-electron chi connectivity index (χ4n) is 2.22. The van der Waals surface area contributed by atoms with Crippen LogP contribution in [0.3, 0.4) is 0 Å². The molecule has 110 valence electrons. The molecule has 4 heteroatoms. The first-order chi connectivity index (χ1) is 10.7. The molecule has 2 aromatic carbocycles. The van der Waals surface area contributed by atoms with Gasteiger partial charge in [0.25, 0.3) is 0 Å². The highest BCUT2D eigenvalue weighted by Gasteiger charge is 2.04. The number of rotatable bonds is 4. The molecular weight excluding hydrogens is 296 g/mol. The van der Waals surface area contributed by atoms with Crippen LogP contribution in [-0.2, 0) is 11.2 Å². The molecule has 0 saturated carbocycles. The Bertz CT molecular complexity index is 747. The fourth-order valence-corrected chi connectivity index (χ4v) is 2.34. The second-order valence-corrected chi connectivity index (χ2v) is 5.43. The van der Waals surface area contributed by atoms with Crippen LogP contribution in [0.25, 0.3) is 5.69 Å². The van der Waals surface area contributed by atoms with Crippen LogP contribution in [0.2, 0.25) is 5.02 Å². The first-order valence-corrected chi connectivity index (χ1v) is 7.36. The summed E-state index contributed by atoms with van der Waals surface area (Å²) >= 11 is 5.82. The Morgan fingerprint density at radius 2 is 1.59 bits per heavy atom. The molecule has 1 amide bonds. The molecule has 22 heavy (non-hydrogen) atoms. The van der Waals surface area contributed by atoms with Crippen molar-refractivity contribution in [3.05, 3.63) is 83.6 Å². The summed E-state index contributed by atoms with van der Waals surface area (Å²) in [5, 5.41) is 3.51. The van der Waals surface area contributed by atoms with Crippen LogP contribution in [0.5, 0.6) is 0 Å². The summed E-state index contributed by atoms with van der Waals surface area (Å²) in [6.45, 7) is 0. The van der Waals surface area contributed by atoms with Crippen molar-refractivity contribution in [2.24, 2.45) is 0 Å². The molecule has 0 radical (unpaired) electrons. The van der Waals surface area contributed by atoms with E-state index in [9.17, 15) is 4.79 Å². The van der Waals surface area contributed by atoms with Gasteiger partial charge in [0, 0.05) is 28.8 Å². The molecule has 3 rings (SSSR count). The highest BCUT2D eigenvalue weighted by molar-refractivity contribution is 6.30. The first-order valence-electron chi connectivity index (χ1n) is 6.98. The van der Waals surface area contributed by atoms with Gasteiger partial charge in [-0.3, -0.25) is 4.79 Å². The number of halogens is 1. The van der Waals surface area contributed by atoms with Crippen molar-refractivity contribution < 1.29 is 4.79 Å². The Morgan fingerprint density at radius 3 is 2.23 bits per heavy atom. The normalized spacial score (nSPS) is 10.4. The molecule has 3 aromatic rings. The Hall–Kier alpha value is -2.52. The quantitative estimate of drug-likeness (QED) is 0.765. The number of nitrogens with zero attached hydrogens (tertiary/aromatic N) is 1. The van der Waals surface area contributed by atoms with Crippen LogP contribution < -0.4 is 5.32 Å². The molecule has 1 N–H and O–H groups in total. The first kappa shape index (κ1) is 14.4. The van der Waals surface area contributed by atoms with Gasteiger partial charge in [0.15, 0.2) is 0 Å². The molecule has 0 aliphatic carbocycles. The van der Waals surface area contributed by atoms with E-state index in [0.717, 1.165) is 16.9 Å². The number of carbonyl (C=O) groups is 1. The van der Waals surface area contributed by atoms with Gasteiger partial charge in [-0.2, -0.15) is 0 Å². The minimum Gasteiger partial charge on any atom is -0.326 e. The molecule has 0 aliphatic heterocycles. The van der Waals surface area contributed by atoms with Crippen molar-refractivity contribution in [1.29, 1.82) is 0 Å². The van der Waals surface area contributed by atoms with Gasteiger partial charge in [-0.15, -0.1) is 0 Å². The predicted molar refractivity (Wildman–Crippen MR) is 89.6 cm³/mol. The maximum Gasteiger partial charge on any atom is 0.228 e. The minimum absolute atomic E-state index is 0.0453. The zero-order chi connectivity index (χ0) is 15.4. The van der Waals surface area contributed by atoms with Gasteiger partial charge >= 0.3 is 0 Å². The molecule has 0 saturated heterocycles. The number of amides is 1. The number of aromatic nitrogens is 1. The van der Waals surface area contributed by atoms with Crippen molar-refractivity contribution in [2.75, 3.05) is 5.32 Å². The van der Waals surface area contributed by atoms with Crippen molar-refractivity contribution >= 4 is 23.2 Å². The number of hydrogen-bond acceptors (Lipinski definition) is 1. The topological polar surface area (TPSA) is 34.0 Å². The maximum atomic E-state index is 12.0. The lowest BCUT2D eigenvalue weighted by Crippen LogP contribution is -2.14. The van der Waals surface area contributed by atoms with Crippen LogP contribution in [0.15, 0.2) is 73.1 Å². The smallest absolute Gasteiger partial charge is 0.228 e. The summed E-state index contributed by atoms with van der Waals surface area (Å²) in [4.78, 5) is 12.0. The van der Waals surface area contributed by atoms with Crippen LogP contribution in [0, 0.1) is 0 Å². The Kier molecular flexibility index (Phi) is 4.26. The third kappa shape index (κ3) is 3.57. The van der Waals surface area contributed by atoms with E-state index in [2.05, 4.69) is 5.32 Å². The Labute approximate surface area is 134 Å². The van der Waals surface area contributed by atoms with Gasteiger partial charge in [-0.25, -0.2) is 0 Å². The monoisotopic (exact) mass is 310 g/mol. The van der Waals surface area contributed by atoms with E-state index in [-0.39, 0.29) is 5.91 Å². The lowest BCUT2D eigenvalue weighted by Gasteiger charge is -2.07. The molecule has 0 bridgehead atoms.